The Morgan fingerprint density at radius 3 is 1.74 bits per heavy atom. The van der Waals surface area contributed by atoms with Gasteiger partial charge in [-0.2, -0.15) is 0 Å². The molecule has 1 fully saturated rings. The van der Waals surface area contributed by atoms with Gasteiger partial charge in [-0.05, 0) is 75.7 Å². The van der Waals surface area contributed by atoms with Gasteiger partial charge < -0.3 is 35.8 Å². The normalized spacial score (nSPS) is 15.1. The third kappa shape index (κ3) is 17.4. The summed E-state index contributed by atoms with van der Waals surface area (Å²) in [5.74, 6) is -3.53. The molecular weight excluding hydrogens is 939 g/mol. The molecule has 2 aliphatic heterocycles. The predicted octanol–water partition coefficient (Wildman–Crippen LogP) is 3.16. The zero-order valence-corrected chi connectivity index (χ0v) is 41.9. The summed E-state index contributed by atoms with van der Waals surface area (Å²) in [6, 6.07) is 22.2. The van der Waals surface area contributed by atoms with E-state index in [4.69, 9.17) is 0 Å². The number of carbonyl (C=O) groups is 7. The van der Waals surface area contributed by atoms with Crippen LogP contribution in [0.15, 0.2) is 72.8 Å². The number of anilines is 2. The van der Waals surface area contributed by atoms with Crippen molar-refractivity contribution >= 4 is 52.8 Å². The Morgan fingerprint density at radius 1 is 0.616 bits per heavy atom. The van der Waals surface area contributed by atoms with E-state index in [9.17, 15) is 48.9 Å². The molecule has 0 aliphatic carbocycles. The van der Waals surface area contributed by atoms with Gasteiger partial charge in [-0.25, -0.2) is 4.68 Å². The van der Waals surface area contributed by atoms with Gasteiger partial charge in [0.15, 0.2) is 0 Å². The number of unbranched alkanes of at least 4 members (excludes halogenated alkanes) is 2. The summed E-state index contributed by atoms with van der Waals surface area (Å²) in [5, 5.41) is 43.7. The van der Waals surface area contributed by atoms with Gasteiger partial charge in [-0.15, -0.1) is 5.10 Å². The number of aliphatic carboxylic acids is 3. The largest absolute Gasteiger partial charge is 0.480 e. The number of likely N-dealkylation sites (N-methyl/N-ethyl adjacent to an activating group) is 1. The lowest BCUT2D eigenvalue weighted by atomic mass is 9.95. The number of aryl methyl sites for hydroxylation is 1. The number of hydrogen-bond acceptors (Lipinski definition) is 14. The Bertz CT molecular complexity index is 2500. The van der Waals surface area contributed by atoms with Crippen molar-refractivity contribution in [2.45, 2.75) is 58.0 Å². The number of fused-ring (bicyclic) bond motifs is 5. The maximum atomic E-state index is 14.2. The van der Waals surface area contributed by atoms with E-state index in [1.165, 1.54) is 0 Å². The molecule has 0 atom stereocenters. The molecule has 73 heavy (non-hydrogen) atoms. The van der Waals surface area contributed by atoms with Gasteiger partial charge in [-0.3, -0.25) is 53.2 Å². The van der Waals surface area contributed by atoms with Crippen LogP contribution in [0.25, 0.3) is 22.5 Å². The second-order valence-corrected chi connectivity index (χ2v) is 18.8. The number of nitrogens with zero attached hydrogens (tertiary/aromatic N) is 9. The fourth-order valence-electron chi connectivity index (χ4n) is 9.01. The molecule has 1 aromatic heterocycles. The average molecular weight is 1010 g/mol. The van der Waals surface area contributed by atoms with E-state index in [2.05, 4.69) is 20.9 Å². The Labute approximate surface area is 425 Å². The summed E-state index contributed by atoms with van der Waals surface area (Å²) in [4.78, 5) is 99.0. The summed E-state index contributed by atoms with van der Waals surface area (Å²) >= 11 is 0. The molecule has 0 bridgehead atoms. The third-order valence-electron chi connectivity index (χ3n) is 12.9. The maximum absolute atomic E-state index is 14.2. The van der Waals surface area contributed by atoms with E-state index >= 15 is 0 Å². The van der Waals surface area contributed by atoms with Crippen molar-refractivity contribution in [3.05, 3.63) is 83.9 Å². The molecule has 2 aliphatic rings. The molecule has 1 saturated heterocycles. The molecule has 6 rings (SSSR count). The topological polar surface area (TPSA) is 254 Å². The molecule has 21 nitrogen and oxygen atoms in total. The first-order chi connectivity index (χ1) is 35.1. The summed E-state index contributed by atoms with van der Waals surface area (Å²) < 4.78 is 1.83. The van der Waals surface area contributed by atoms with Crippen molar-refractivity contribution in [3.63, 3.8) is 0 Å². The van der Waals surface area contributed by atoms with Crippen LogP contribution in [0.2, 0.25) is 0 Å². The Morgan fingerprint density at radius 2 is 1.15 bits per heavy atom. The number of hydrogen-bond donors (Lipinski definition) is 5. The van der Waals surface area contributed by atoms with Crippen molar-refractivity contribution in [2.75, 3.05) is 116 Å². The molecule has 0 radical (unpaired) electrons. The smallest absolute Gasteiger partial charge is 0.317 e. The number of carboxylic acids is 3. The zero-order valence-electron chi connectivity index (χ0n) is 41.9. The minimum Gasteiger partial charge on any atom is -0.480 e. The van der Waals surface area contributed by atoms with Gasteiger partial charge in [0.25, 0.3) is 5.91 Å². The van der Waals surface area contributed by atoms with Crippen molar-refractivity contribution < 1.29 is 48.9 Å². The van der Waals surface area contributed by atoms with Gasteiger partial charge in [0, 0.05) is 114 Å². The highest BCUT2D eigenvalue weighted by atomic mass is 16.4. The van der Waals surface area contributed by atoms with Crippen LogP contribution in [0, 0.1) is 0 Å². The van der Waals surface area contributed by atoms with Crippen molar-refractivity contribution in [1.29, 1.82) is 0 Å². The molecule has 21 heteroatoms. The Kier molecular flexibility index (Phi) is 21.1. The van der Waals surface area contributed by atoms with Gasteiger partial charge in [-0.1, -0.05) is 47.7 Å². The monoisotopic (exact) mass is 1010 g/mol. The molecule has 3 heterocycles. The van der Waals surface area contributed by atoms with Crippen LogP contribution in [-0.2, 0) is 41.9 Å². The second-order valence-electron chi connectivity index (χ2n) is 18.8. The maximum Gasteiger partial charge on any atom is 0.317 e. The first-order valence-electron chi connectivity index (χ1n) is 24.9. The Balaban J connectivity index is 1.06. The van der Waals surface area contributed by atoms with Crippen LogP contribution in [0.1, 0.15) is 60.9 Å². The summed E-state index contributed by atoms with van der Waals surface area (Å²) in [6.45, 7) is 3.87. The third-order valence-corrected chi connectivity index (χ3v) is 12.9. The predicted molar refractivity (Wildman–Crippen MR) is 274 cm³/mol. The molecular formula is C52H69N11O10. The van der Waals surface area contributed by atoms with Gasteiger partial charge >= 0.3 is 17.9 Å². The number of aromatic nitrogens is 3. The van der Waals surface area contributed by atoms with Crippen molar-refractivity contribution in [2.24, 2.45) is 0 Å². The number of carboxylic acid groups (broad SMARTS) is 3. The number of carbonyl (C=O) groups excluding carboxylic acids is 4. The lowest BCUT2D eigenvalue weighted by Gasteiger charge is -2.32. The quantitative estimate of drug-likeness (QED) is 0.0669. The van der Waals surface area contributed by atoms with E-state index in [0.717, 1.165) is 28.9 Å². The Hall–Kier alpha value is -6.91. The summed E-state index contributed by atoms with van der Waals surface area (Å²) in [6.07, 6.45) is 2.81. The standard InChI is InChI=1S/C52H69N11O10/c1-57(2)24-22-53-52(73)38-18-20-40(21-19-38)54-45(65)16-7-8-17-46(66)62-33-39-11-3-4-13-42(39)50-51(43-14-5-6-15-44(43)62)63(56-55-50)23-10-9-12-41(64)34-58-25-27-59(35-47(67)68)29-31-61(37-49(71)72)32-30-60(28-26-58)36-48(69)70/h3-6,11,13-15,18-21H,7-10,12,16-17,22-37H2,1-2H3,(H,53,73)(H,54,65)(H,67,68)(H,69,70)(H,71,72). The highest BCUT2D eigenvalue weighted by molar-refractivity contribution is 6.00. The van der Waals surface area contributed by atoms with E-state index in [1.54, 1.807) is 43.9 Å². The summed E-state index contributed by atoms with van der Waals surface area (Å²) in [7, 11) is 3.87. The SMILES string of the molecule is CN(C)CCNC(=O)c1ccc(NC(=O)CCCCC(=O)N2Cc3ccccc3-c3nnn(CCCCC(=O)CN4CCN(CC(=O)O)CCN(CC(=O)O)CCN(CC(=O)O)CC4)c3-c3ccccc32)cc1. The van der Waals surface area contributed by atoms with Crippen LogP contribution in [-0.4, -0.2) is 202 Å². The number of rotatable bonds is 23. The van der Waals surface area contributed by atoms with Gasteiger partial charge in [0.1, 0.15) is 11.5 Å². The first kappa shape index (κ1) is 55.4. The second kappa shape index (κ2) is 27.8. The van der Waals surface area contributed by atoms with E-state index in [0.29, 0.717) is 107 Å². The van der Waals surface area contributed by atoms with Crippen molar-refractivity contribution in [1.82, 2.24) is 44.8 Å². The number of para-hydroxylation sites is 1. The molecule has 3 aromatic carbocycles. The van der Waals surface area contributed by atoms with Crippen LogP contribution < -0.4 is 15.5 Å². The van der Waals surface area contributed by atoms with E-state index in [1.807, 2.05) is 77.1 Å². The van der Waals surface area contributed by atoms with Crippen LogP contribution >= 0.6 is 0 Å². The minimum absolute atomic E-state index is 0.0132. The van der Waals surface area contributed by atoms with Crippen LogP contribution in [0.3, 0.4) is 0 Å². The minimum atomic E-state index is -1.03. The molecule has 0 unspecified atom stereocenters. The molecule has 0 saturated carbocycles. The molecule has 0 spiro atoms. The number of benzene rings is 3. The number of Topliss-reactive ketones (excluding diaryl/α,β-unsaturated/α-hetero) is 1. The van der Waals surface area contributed by atoms with Crippen molar-refractivity contribution in [3.8, 4) is 22.5 Å². The number of nitrogens with one attached hydrogen (secondary N) is 2. The fourth-order valence-corrected chi connectivity index (χ4v) is 9.01. The fraction of sp³-hybridized carbons (Fsp3) is 0.481. The number of amides is 3. The lowest BCUT2D eigenvalue weighted by Crippen LogP contribution is -2.49. The zero-order chi connectivity index (χ0) is 52.3. The van der Waals surface area contributed by atoms with Crippen LogP contribution in [0.4, 0.5) is 11.4 Å². The lowest BCUT2D eigenvalue weighted by molar-refractivity contribution is -0.140. The van der Waals surface area contributed by atoms with Gasteiger partial charge in [0.2, 0.25) is 11.8 Å². The highest BCUT2D eigenvalue weighted by Crippen LogP contribution is 2.41. The molecule has 4 aromatic rings. The van der Waals surface area contributed by atoms with E-state index < -0.39 is 17.9 Å². The molecule has 392 valence electrons. The molecule has 3 amide bonds. The first-order valence-corrected chi connectivity index (χ1v) is 24.9. The van der Waals surface area contributed by atoms with E-state index in [-0.39, 0.29) is 82.0 Å². The van der Waals surface area contributed by atoms with Crippen LogP contribution in [0.5, 0.6) is 0 Å². The molecule has 5 N–H and O–H groups in total. The highest BCUT2D eigenvalue weighted by Gasteiger charge is 2.29. The number of ketones is 1. The summed E-state index contributed by atoms with van der Waals surface area (Å²) in [5.41, 5.74) is 5.78. The van der Waals surface area contributed by atoms with Gasteiger partial charge in [0.05, 0.1) is 44.1 Å². The average Bonchev–Trinajstić information content (AvgIpc) is 3.76.